The highest BCUT2D eigenvalue weighted by molar-refractivity contribution is 6.09. The molecular formula is C14H16N4O. The molecule has 19 heavy (non-hydrogen) atoms. The lowest BCUT2D eigenvalue weighted by Gasteiger charge is -2.04. The van der Waals surface area contributed by atoms with Gasteiger partial charge in [0, 0.05) is 29.1 Å². The van der Waals surface area contributed by atoms with Crippen LogP contribution in [0, 0.1) is 0 Å². The maximum Gasteiger partial charge on any atom is 0.152 e. The summed E-state index contributed by atoms with van der Waals surface area (Å²) >= 11 is 0. The zero-order valence-electron chi connectivity index (χ0n) is 11.0. The molecule has 2 heterocycles. The molecule has 3 N–H and O–H groups in total. The summed E-state index contributed by atoms with van der Waals surface area (Å²) in [4.78, 5) is 4.33. The topological polar surface area (TPSA) is 77.0 Å². The van der Waals surface area contributed by atoms with Crippen LogP contribution in [-0.4, -0.2) is 19.9 Å². The highest BCUT2D eigenvalue weighted by atomic mass is 16.3. The first-order chi connectivity index (χ1) is 9.15. The number of anilines is 1. The molecule has 0 saturated heterocycles. The number of fused-ring (bicyclic) bond motifs is 3. The molecule has 98 valence electrons. The third-order valence-corrected chi connectivity index (χ3v) is 3.43. The maximum atomic E-state index is 9.57. The van der Waals surface area contributed by atoms with E-state index in [4.69, 9.17) is 5.73 Å². The van der Waals surface area contributed by atoms with Crippen LogP contribution in [0.25, 0.3) is 21.8 Å². The van der Waals surface area contributed by atoms with Crippen LogP contribution in [0.5, 0.6) is 5.75 Å². The summed E-state index contributed by atoms with van der Waals surface area (Å²) in [6.45, 7) is 4.96. The zero-order valence-corrected chi connectivity index (χ0v) is 11.0. The predicted molar refractivity (Wildman–Crippen MR) is 76.2 cm³/mol. The Morgan fingerprint density at radius 1 is 1.32 bits per heavy atom. The number of pyridine rings is 1. The van der Waals surface area contributed by atoms with E-state index in [2.05, 4.69) is 23.9 Å². The number of aromatic hydroxyl groups is 1. The number of nitrogens with two attached hydrogens (primary N) is 1. The van der Waals surface area contributed by atoms with E-state index >= 15 is 0 Å². The number of nitrogen functional groups attached to an aromatic ring is 1. The van der Waals surface area contributed by atoms with E-state index in [-0.39, 0.29) is 5.75 Å². The van der Waals surface area contributed by atoms with E-state index < -0.39 is 0 Å². The van der Waals surface area contributed by atoms with Crippen LogP contribution in [0.15, 0.2) is 18.2 Å². The fourth-order valence-corrected chi connectivity index (χ4v) is 2.59. The van der Waals surface area contributed by atoms with Crippen molar-refractivity contribution < 1.29 is 5.11 Å². The molecule has 2 aromatic heterocycles. The average Bonchev–Trinajstić information content (AvgIpc) is 2.77. The van der Waals surface area contributed by atoms with Gasteiger partial charge in [-0.2, -0.15) is 5.10 Å². The van der Waals surface area contributed by atoms with E-state index in [0.29, 0.717) is 11.3 Å². The van der Waals surface area contributed by atoms with Gasteiger partial charge in [0.25, 0.3) is 0 Å². The van der Waals surface area contributed by atoms with E-state index in [1.165, 1.54) is 0 Å². The molecule has 3 rings (SSSR count). The van der Waals surface area contributed by atoms with Crippen molar-refractivity contribution in [2.45, 2.75) is 26.8 Å². The summed E-state index contributed by atoms with van der Waals surface area (Å²) in [6, 6.07) is 5.18. The highest BCUT2D eigenvalue weighted by Crippen LogP contribution is 2.32. The third kappa shape index (κ3) is 1.62. The van der Waals surface area contributed by atoms with Crippen LogP contribution in [0.4, 0.5) is 5.82 Å². The number of phenols is 1. The molecule has 0 amide bonds. The van der Waals surface area contributed by atoms with Gasteiger partial charge in [-0.3, -0.25) is 4.68 Å². The summed E-state index contributed by atoms with van der Waals surface area (Å²) < 4.78 is 1.97. The van der Waals surface area contributed by atoms with Crippen LogP contribution in [0.1, 0.15) is 19.5 Å². The summed E-state index contributed by atoms with van der Waals surface area (Å²) in [7, 11) is 0. The molecule has 0 bridgehead atoms. The molecule has 0 aliphatic heterocycles. The molecule has 3 aromatic rings. The van der Waals surface area contributed by atoms with Gasteiger partial charge in [-0.05, 0) is 25.5 Å². The first-order valence-electron chi connectivity index (χ1n) is 6.43. The Balaban J connectivity index is 2.54. The number of aromatic nitrogens is 3. The van der Waals surface area contributed by atoms with Gasteiger partial charge in [0.1, 0.15) is 11.3 Å². The Morgan fingerprint density at radius 3 is 2.79 bits per heavy atom. The van der Waals surface area contributed by atoms with Crippen molar-refractivity contribution >= 4 is 27.6 Å². The second-order valence-corrected chi connectivity index (χ2v) is 4.54. The van der Waals surface area contributed by atoms with Crippen molar-refractivity contribution in [2.24, 2.45) is 0 Å². The second-order valence-electron chi connectivity index (χ2n) is 4.54. The molecule has 0 radical (unpaired) electrons. The first kappa shape index (κ1) is 11.8. The van der Waals surface area contributed by atoms with Crippen LogP contribution in [-0.2, 0) is 13.0 Å². The third-order valence-electron chi connectivity index (χ3n) is 3.43. The normalized spacial score (nSPS) is 11.5. The molecule has 0 unspecified atom stereocenters. The van der Waals surface area contributed by atoms with Crippen molar-refractivity contribution in [1.29, 1.82) is 0 Å². The molecule has 0 fully saturated rings. The molecule has 0 atom stereocenters. The number of aryl methyl sites for hydroxylation is 2. The van der Waals surface area contributed by atoms with Crippen molar-refractivity contribution in [1.82, 2.24) is 14.8 Å². The SMILES string of the molecule is CCc1c2c(nn1CC)c(N)nc1cc(O)ccc12. The molecule has 5 nitrogen and oxygen atoms in total. The zero-order chi connectivity index (χ0) is 13.6. The number of hydrogen-bond acceptors (Lipinski definition) is 4. The smallest absolute Gasteiger partial charge is 0.152 e. The standard InChI is InChI=1S/C14H16N4O/c1-3-11-12-9-6-5-8(19)7-10(9)16-14(15)13(12)17-18(11)4-2/h5-7,19H,3-4H2,1-2H3,(H2,15,16). The molecule has 0 aliphatic rings. The van der Waals surface area contributed by atoms with Gasteiger partial charge < -0.3 is 10.8 Å². The minimum absolute atomic E-state index is 0.194. The Hall–Kier alpha value is -2.30. The highest BCUT2D eigenvalue weighted by Gasteiger charge is 2.16. The fraction of sp³-hybridized carbons (Fsp3) is 0.286. The van der Waals surface area contributed by atoms with Crippen molar-refractivity contribution in [3.63, 3.8) is 0 Å². The largest absolute Gasteiger partial charge is 0.508 e. The average molecular weight is 256 g/mol. The summed E-state index contributed by atoms with van der Waals surface area (Å²) in [5, 5.41) is 16.1. The van der Waals surface area contributed by atoms with Gasteiger partial charge in [-0.25, -0.2) is 4.98 Å². The van der Waals surface area contributed by atoms with Gasteiger partial charge in [-0.1, -0.05) is 6.92 Å². The van der Waals surface area contributed by atoms with Crippen molar-refractivity contribution in [3.05, 3.63) is 23.9 Å². The Bertz CT molecular complexity index is 776. The van der Waals surface area contributed by atoms with E-state index in [1.807, 2.05) is 10.7 Å². The van der Waals surface area contributed by atoms with Crippen molar-refractivity contribution in [2.75, 3.05) is 5.73 Å². The van der Waals surface area contributed by atoms with Gasteiger partial charge in [0.15, 0.2) is 5.82 Å². The van der Waals surface area contributed by atoms with Gasteiger partial charge in [0.05, 0.1) is 5.52 Å². The lowest BCUT2D eigenvalue weighted by molar-refractivity contribution is 0.476. The Morgan fingerprint density at radius 2 is 2.11 bits per heavy atom. The molecule has 5 heteroatoms. The quantitative estimate of drug-likeness (QED) is 0.738. The molecular weight excluding hydrogens is 240 g/mol. The van der Waals surface area contributed by atoms with E-state index in [1.54, 1.807) is 12.1 Å². The van der Waals surface area contributed by atoms with Gasteiger partial charge in [-0.15, -0.1) is 0 Å². The molecule has 0 aliphatic carbocycles. The van der Waals surface area contributed by atoms with Gasteiger partial charge >= 0.3 is 0 Å². The summed E-state index contributed by atoms with van der Waals surface area (Å²) in [5.74, 6) is 0.606. The molecule has 0 saturated carbocycles. The van der Waals surface area contributed by atoms with Crippen molar-refractivity contribution in [3.8, 4) is 5.75 Å². The number of nitrogens with zero attached hydrogens (tertiary/aromatic N) is 3. The summed E-state index contributed by atoms with van der Waals surface area (Å²) in [6.07, 6.45) is 0.879. The number of phenolic OH excluding ortho intramolecular Hbond substituents is 1. The van der Waals surface area contributed by atoms with E-state index in [9.17, 15) is 5.11 Å². The van der Waals surface area contributed by atoms with Crippen LogP contribution < -0.4 is 5.73 Å². The van der Waals surface area contributed by atoms with Crippen LogP contribution in [0.3, 0.4) is 0 Å². The Labute approximate surface area is 110 Å². The number of hydrogen-bond donors (Lipinski definition) is 2. The van der Waals surface area contributed by atoms with Gasteiger partial charge in [0.2, 0.25) is 0 Å². The minimum atomic E-state index is 0.194. The minimum Gasteiger partial charge on any atom is -0.508 e. The monoisotopic (exact) mass is 256 g/mol. The fourth-order valence-electron chi connectivity index (χ4n) is 2.59. The second kappa shape index (κ2) is 4.12. The summed E-state index contributed by atoms with van der Waals surface area (Å²) in [5.41, 5.74) is 8.60. The molecule has 1 aromatic carbocycles. The first-order valence-corrected chi connectivity index (χ1v) is 6.43. The van der Waals surface area contributed by atoms with E-state index in [0.717, 1.165) is 34.9 Å². The lowest BCUT2D eigenvalue weighted by Crippen LogP contribution is -2.01. The predicted octanol–water partition coefficient (Wildman–Crippen LogP) is 2.45. The van der Waals surface area contributed by atoms with Crippen LogP contribution in [0.2, 0.25) is 0 Å². The molecule has 0 spiro atoms. The Kier molecular flexibility index (Phi) is 2.55. The number of benzene rings is 1. The van der Waals surface area contributed by atoms with Crippen LogP contribution >= 0.6 is 0 Å². The lowest BCUT2D eigenvalue weighted by atomic mass is 10.1. The number of rotatable bonds is 2. The maximum absolute atomic E-state index is 9.57.